The first-order valence-corrected chi connectivity index (χ1v) is 4.80. The molecule has 3 N–H and O–H groups in total. The molecule has 0 aliphatic rings. The van der Waals surface area contributed by atoms with Crippen molar-refractivity contribution in [2.45, 2.75) is 19.1 Å². The molecule has 0 heterocycles. The molecule has 1 aromatic carbocycles. The number of hydrogen-bond donors (Lipinski definition) is 3. The zero-order chi connectivity index (χ0) is 11.6. The van der Waals surface area contributed by atoms with Gasteiger partial charge in [-0.05, 0) is 38.7 Å². The molecule has 0 radical (unpaired) electrons. The summed E-state index contributed by atoms with van der Waals surface area (Å²) >= 11 is 0. The third-order valence-electron chi connectivity index (χ3n) is 2.61. The number of hydrogen-bond acceptors (Lipinski definition) is 4. The highest BCUT2D eigenvalue weighted by Gasteiger charge is 2.18. The van der Waals surface area contributed by atoms with Crippen molar-refractivity contribution in [3.63, 3.8) is 0 Å². The first-order chi connectivity index (χ1) is 6.93. The van der Waals surface area contributed by atoms with Crippen molar-refractivity contribution >= 4 is 0 Å². The van der Waals surface area contributed by atoms with Gasteiger partial charge in [0, 0.05) is 6.04 Å². The third kappa shape index (κ3) is 2.61. The lowest BCUT2D eigenvalue weighted by atomic mass is 10.0. The number of aliphatic hydroxyl groups excluding tert-OH is 1. The van der Waals surface area contributed by atoms with Gasteiger partial charge < -0.3 is 20.2 Å². The lowest BCUT2D eigenvalue weighted by Crippen LogP contribution is -2.30. The van der Waals surface area contributed by atoms with Crippen molar-refractivity contribution in [1.82, 2.24) is 4.90 Å². The second-order valence-electron chi connectivity index (χ2n) is 3.90. The van der Waals surface area contributed by atoms with E-state index in [1.807, 2.05) is 25.9 Å². The van der Waals surface area contributed by atoms with Crippen LogP contribution in [0.4, 0.5) is 0 Å². The maximum Gasteiger partial charge on any atom is 0.157 e. The third-order valence-corrected chi connectivity index (χ3v) is 2.61. The van der Waals surface area contributed by atoms with Crippen LogP contribution in [0.5, 0.6) is 11.5 Å². The molecule has 1 rings (SSSR count). The lowest BCUT2D eigenvalue weighted by molar-refractivity contribution is 0.0856. The fraction of sp³-hybridized carbons (Fsp3) is 0.455. The Morgan fingerprint density at radius 1 is 1.13 bits per heavy atom. The predicted octanol–water partition coefficient (Wildman–Crippen LogP) is 1.08. The van der Waals surface area contributed by atoms with Gasteiger partial charge >= 0.3 is 0 Å². The first-order valence-electron chi connectivity index (χ1n) is 4.80. The SMILES string of the molecule is CC(C(O)c1ccc(O)c(O)c1)N(C)C. The smallest absolute Gasteiger partial charge is 0.157 e. The van der Waals surface area contributed by atoms with Crippen molar-refractivity contribution in [2.75, 3.05) is 14.1 Å². The monoisotopic (exact) mass is 211 g/mol. The average Bonchev–Trinajstić information content (AvgIpc) is 2.19. The van der Waals surface area contributed by atoms with Gasteiger partial charge in [0.15, 0.2) is 11.5 Å². The summed E-state index contributed by atoms with van der Waals surface area (Å²) in [5, 5.41) is 28.4. The lowest BCUT2D eigenvalue weighted by Gasteiger charge is -2.25. The van der Waals surface area contributed by atoms with E-state index in [0.717, 1.165) is 0 Å². The zero-order valence-corrected chi connectivity index (χ0v) is 9.18. The number of aliphatic hydroxyl groups is 1. The Morgan fingerprint density at radius 3 is 2.20 bits per heavy atom. The number of likely N-dealkylation sites (N-methyl/N-ethyl adjacent to an activating group) is 1. The summed E-state index contributed by atoms with van der Waals surface area (Å²) in [7, 11) is 3.74. The number of phenolic OH excluding ortho intramolecular Hbond substituents is 2. The van der Waals surface area contributed by atoms with Crippen molar-refractivity contribution in [1.29, 1.82) is 0 Å². The van der Waals surface area contributed by atoms with E-state index in [1.165, 1.54) is 12.1 Å². The van der Waals surface area contributed by atoms with Crippen LogP contribution in [-0.4, -0.2) is 40.4 Å². The van der Waals surface area contributed by atoms with Crippen LogP contribution < -0.4 is 0 Å². The van der Waals surface area contributed by atoms with E-state index >= 15 is 0 Å². The van der Waals surface area contributed by atoms with Crippen LogP contribution in [0.15, 0.2) is 18.2 Å². The van der Waals surface area contributed by atoms with Crippen LogP contribution in [0.25, 0.3) is 0 Å². The van der Waals surface area contributed by atoms with Gasteiger partial charge in [-0.15, -0.1) is 0 Å². The molecule has 0 spiro atoms. The Balaban J connectivity index is 2.91. The minimum Gasteiger partial charge on any atom is -0.504 e. The summed E-state index contributed by atoms with van der Waals surface area (Å²) in [5.41, 5.74) is 0.589. The molecule has 2 atom stereocenters. The van der Waals surface area contributed by atoms with Crippen LogP contribution in [-0.2, 0) is 0 Å². The molecule has 84 valence electrons. The largest absolute Gasteiger partial charge is 0.504 e. The van der Waals surface area contributed by atoms with Crippen LogP contribution >= 0.6 is 0 Å². The molecule has 0 amide bonds. The van der Waals surface area contributed by atoms with E-state index in [-0.39, 0.29) is 17.5 Å². The maximum absolute atomic E-state index is 9.94. The number of aromatic hydroxyl groups is 2. The van der Waals surface area contributed by atoms with Crippen molar-refractivity contribution < 1.29 is 15.3 Å². The topological polar surface area (TPSA) is 63.9 Å². The summed E-state index contributed by atoms with van der Waals surface area (Å²) in [6.07, 6.45) is -0.688. The van der Waals surface area contributed by atoms with Crippen LogP contribution in [0, 0.1) is 0 Å². The van der Waals surface area contributed by atoms with Gasteiger partial charge in [-0.2, -0.15) is 0 Å². The summed E-state index contributed by atoms with van der Waals surface area (Å²) in [5.74, 6) is -0.388. The average molecular weight is 211 g/mol. The van der Waals surface area contributed by atoms with Crippen molar-refractivity contribution in [3.05, 3.63) is 23.8 Å². The van der Waals surface area contributed by atoms with Gasteiger partial charge in [0.25, 0.3) is 0 Å². The highest BCUT2D eigenvalue weighted by Crippen LogP contribution is 2.29. The number of phenols is 2. The normalized spacial score (nSPS) is 15.3. The van der Waals surface area contributed by atoms with Gasteiger partial charge in [0.05, 0.1) is 6.10 Å². The molecule has 1 aromatic rings. The van der Waals surface area contributed by atoms with E-state index in [0.29, 0.717) is 5.56 Å². The Kier molecular flexibility index (Phi) is 3.55. The van der Waals surface area contributed by atoms with Gasteiger partial charge in [0.1, 0.15) is 0 Å². The van der Waals surface area contributed by atoms with E-state index in [1.54, 1.807) is 6.07 Å². The molecule has 0 aromatic heterocycles. The molecule has 4 heteroatoms. The van der Waals surface area contributed by atoms with E-state index in [4.69, 9.17) is 5.11 Å². The van der Waals surface area contributed by atoms with Gasteiger partial charge in [-0.3, -0.25) is 0 Å². The van der Waals surface area contributed by atoms with E-state index in [9.17, 15) is 10.2 Å². The van der Waals surface area contributed by atoms with Crippen LogP contribution in [0.2, 0.25) is 0 Å². The summed E-state index contributed by atoms with van der Waals surface area (Å²) in [6, 6.07) is 4.28. The van der Waals surface area contributed by atoms with Crippen LogP contribution in [0.3, 0.4) is 0 Å². The quantitative estimate of drug-likeness (QED) is 0.655. The van der Waals surface area contributed by atoms with Gasteiger partial charge in [0.2, 0.25) is 0 Å². The second kappa shape index (κ2) is 4.51. The van der Waals surface area contributed by atoms with E-state index in [2.05, 4.69) is 0 Å². The van der Waals surface area contributed by atoms with Gasteiger partial charge in [-0.1, -0.05) is 6.07 Å². The molecule has 4 nitrogen and oxygen atoms in total. The van der Waals surface area contributed by atoms with Crippen molar-refractivity contribution in [3.8, 4) is 11.5 Å². The Bertz CT molecular complexity index is 339. The fourth-order valence-corrected chi connectivity index (χ4v) is 1.29. The summed E-state index contributed by atoms with van der Waals surface area (Å²) in [6.45, 7) is 1.88. The number of benzene rings is 1. The number of rotatable bonds is 3. The molecule has 15 heavy (non-hydrogen) atoms. The van der Waals surface area contributed by atoms with E-state index < -0.39 is 6.10 Å². The van der Waals surface area contributed by atoms with Crippen molar-refractivity contribution in [2.24, 2.45) is 0 Å². The Hall–Kier alpha value is -1.26. The minimum atomic E-state index is -0.688. The highest BCUT2D eigenvalue weighted by molar-refractivity contribution is 5.41. The number of nitrogens with zero attached hydrogens (tertiary/aromatic N) is 1. The molecule has 0 bridgehead atoms. The molecule has 2 unspecified atom stereocenters. The molecule has 0 aliphatic carbocycles. The molecule has 0 saturated heterocycles. The summed E-state index contributed by atoms with van der Waals surface area (Å²) < 4.78 is 0. The molecule has 0 fully saturated rings. The maximum atomic E-state index is 9.94. The Labute approximate surface area is 89.4 Å². The zero-order valence-electron chi connectivity index (χ0n) is 9.18. The standard InChI is InChI=1S/C11H17NO3/c1-7(12(2)3)11(15)8-4-5-9(13)10(14)6-8/h4-7,11,13-15H,1-3H3. The summed E-state index contributed by atoms with van der Waals surface area (Å²) in [4.78, 5) is 1.88. The molecular formula is C11H17NO3. The fourth-order valence-electron chi connectivity index (χ4n) is 1.29. The first kappa shape index (κ1) is 11.8. The Morgan fingerprint density at radius 2 is 1.73 bits per heavy atom. The van der Waals surface area contributed by atoms with Crippen LogP contribution in [0.1, 0.15) is 18.6 Å². The van der Waals surface area contributed by atoms with Gasteiger partial charge in [-0.25, -0.2) is 0 Å². The highest BCUT2D eigenvalue weighted by atomic mass is 16.3. The molecular weight excluding hydrogens is 194 g/mol. The molecule has 0 aliphatic heterocycles. The predicted molar refractivity (Wildman–Crippen MR) is 57.9 cm³/mol. The minimum absolute atomic E-state index is 0.0612. The second-order valence-corrected chi connectivity index (χ2v) is 3.90. The molecule has 0 saturated carbocycles.